The highest BCUT2D eigenvalue weighted by molar-refractivity contribution is 5.80. The van der Waals surface area contributed by atoms with Crippen molar-refractivity contribution in [3.8, 4) is 0 Å². The molecule has 10 heteroatoms. The SMILES string of the molecule is CCC/C=C/CC/C=C/CC/C=C/C(O)C(COC1OC(CO)C(O)C(O)C1O)NC(=O)C(O)CCCCCCCCCCCC. The van der Waals surface area contributed by atoms with E-state index < -0.39 is 61.5 Å². The summed E-state index contributed by atoms with van der Waals surface area (Å²) in [6.07, 6.45) is 19.7. The largest absolute Gasteiger partial charge is 0.394 e. The Balaban J connectivity index is 2.62. The quantitative estimate of drug-likeness (QED) is 0.0503. The number of allylic oxidation sites excluding steroid dienone is 5. The van der Waals surface area contributed by atoms with Crippen LogP contribution in [0.2, 0.25) is 0 Å². The Morgan fingerprint density at radius 1 is 0.739 bits per heavy atom. The minimum atomic E-state index is -1.61. The van der Waals surface area contributed by atoms with Gasteiger partial charge in [0.2, 0.25) is 5.91 Å². The number of hydrogen-bond donors (Lipinski definition) is 7. The molecule has 1 heterocycles. The number of amides is 1. The molecule has 46 heavy (non-hydrogen) atoms. The summed E-state index contributed by atoms with van der Waals surface area (Å²) in [5.74, 6) is -0.637. The van der Waals surface area contributed by atoms with Crippen LogP contribution < -0.4 is 5.32 Å². The second kappa shape index (κ2) is 27.3. The van der Waals surface area contributed by atoms with Gasteiger partial charge in [-0.1, -0.05) is 121 Å². The topological polar surface area (TPSA) is 169 Å². The van der Waals surface area contributed by atoms with Crippen molar-refractivity contribution in [2.24, 2.45) is 0 Å². The third-order valence-corrected chi connectivity index (χ3v) is 8.28. The maximum Gasteiger partial charge on any atom is 0.249 e. The highest BCUT2D eigenvalue weighted by Crippen LogP contribution is 2.22. The van der Waals surface area contributed by atoms with Crippen molar-refractivity contribution in [1.82, 2.24) is 5.32 Å². The van der Waals surface area contributed by atoms with Crippen LogP contribution in [-0.4, -0.2) is 98.7 Å². The van der Waals surface area contributed by atoms with Crippen LogP contribution in [0.1, 0.15) is 123 Å². The van der Waals surface area contributed by atoms with Gasteiger partial charge in [0.25, 0.3) is 0 Å². The van der Waals surface area contributed by atoms with Gasteiger partial charge in [0, 0.05) is 0 Å². The summed E-state index contributed by atoms with van der Waals surface area (Å²) in [6, 6.07) is -0.996. The molecule has 8 atom stereocenters. The van der Waals surface area contributed by atoms with Gasteiger partial charge in [-0.05, 0) is 38.5 Å². The van der Waals surface area contributed by atoms with Crippen LogP contribution in [0.15, 0.2) is 36.5 Å². The Morgan fingerprint density at radius 2 is 1.28 bits per heavy atom. The monoisotopic (exact) mass is 655 g/mol. The maximum atomic E-state index is 12.9. The molecule has 1 aliphatic rings. The fraction of sp³-hybridized carbons (Fsp3) is 0.806. The molecule has 1 fully saturated rings. The summed E-state index contributed by atoms with van der Waals surface area (Å²) < 4.78 is 11.0. The van der Waals surface area contributed by atoms with Crippen LogP contribution in [0, 0.1) is 0 Å². The molecule has 1 saturated heterocycles. The van der Waals surface area contributed by atoms with Crippen LogP contribution in [0.25, 0.3) is 0 Å². The number of rotatable bonds is 27. The summed E-state index contributed by atoms with van der Waals surface area (Å²) in [5, 5.41) is 64.0. The van der Waals surface area contributed by atoms with Crippen molar-refractivity contribution in [2.75, 3.05) is 13.2 Å². The fourth-order valence-corrected chi connectivity index (χ4v) is 5.26. The predicted molar refractivity (Wildman–Crippen MR) is 181 cm³/mol. The molecular formula is C36H65NO9. The number of aliphatic hydroxyl groups excluding tert-OH is 6. The predicted octanol–water partition coefficient (Wildman–Crippen LogP) is 4.35. The molecule has 1 rings (SSSR count). The Labute approximate surface area is 277 Å². The smallest absolute Gasteiger partial charge is 0.249 e. The van der Waals surface area contributed by atoms with E-state index in [2.05, 4.69) is 43.5 Å². The standard InChI is InChI=1S/C36H65NO9/c1-3-5-7-9-11-13-15-17-18-20-22-24-29(39)28(27-45-36-34(43)33(42)32(41)31(26-38)46-36)37-35(44)30(40)25-23-21-19-16-14-12-10-8-6-4-2/h7,9,15,17,22,24,28-34,36,38-43H,3-6,8,10-14,16,18-21,23,25-27H2,1-2H3,(H,37,44)/b9-7+,17-15+,24-22+. The van der Waals surface area contributed by atoms with Crippen molar-refractivity contribution in [3.05, 3.63) is 36.5 Å². The van der Waals surface area contributed by atoms with E-state index in [0.29, 0.717) is 19.3 Å². The van der Waals surface area contributed by atoms with Gasteiger partial charge in [-0.2, -0.15) is 0 Å². The molecule has 0 aromatic rings. The molecule has 7 N–H and O–H groups in total. The lowest BCUT2D eigenvalue weighted by Gasteiger charge is -2.40. The molecule has 1 amide bonds. The second-order valence-corrected chi connectivity index (χ2v) is 12.4. The lowest BCUT2D eigenvalue weighted by Crippen LogP contribution is -2.60. The molecule has 1 aliphatic heterocycles. The Hall–Kier alpha value is -1.63. The molecule has 0 spiro atoms. The molecule has 0 bridgehead atoms. The number of carbonyl (C=O) groups is 1. The molecule has 10 nitrogen and oxygen atoms in total. The highest BCUT2D eigenvalue weighted by atomic mass is 16.7. The van der Waals surface area contributed by atoms with Crippen LogP contribution in [0.3, 0.4) is 0 Å². The molecule has 0 aromatic heterocycles. The Bertz CT molecular complexity index is 834. The Kier molecular flexibility index (Phi) is 25.2. The van der Waals surface area contributed by atoms with Crippen molar-refractivity contribution >= 4 is 5.91 Å². The molecular weight excluding hydrogens is 590 g/mol. The zero-order valence-corrected chi connectivity index (χ0v) is 28.4. The van der Waals surface area contributed by atoms with Gasteiger partial charge in [0.1, 0.15) is 30.5 Å². The average molecular weight is 656 g/mol. The van der Waals surface area contributed by atoms with Crippen molar-refractivity contribution in [3.63, 3.8) is 0 Å². The Morgan fingerprint density at radius 3 is 1.85 bits per heavy atom. The van der Waals surface area contributed by atoms with Crippen molar-refractivity contribution in [2.45, 2.75) is 172 Å². The zero-order valence-electron chi connectivity index (χ0n) is 28.4. The number of carbonyl (C=O) groups excluding carboxylic acids is 1. The number of aliphatic hydroxyl groups is 6. The summed E-state index contributed by atoms with van der Waals surface area (Å²) >= 11 is 0. The summed E-state index contributed by atoms with van der Waals surface area (Å²) in [4.78, 5) is 12.9. The summed E-state index contributed by atoms with van der Waals surface area (Å²) in [5.41, 5.74) is 0. The van der Waals surface area contributed by atoms with E-state index in [1.54, 1.807) is 6.08 Å². The van der Waals surface area contributed by atoms with E-state index in [-0.39, 0.29) is 6.61 Å². The van der Waals surface area contributed by atoms with Gasteiger partial charge in [-0.15, -0.1) is 0 Å². The summed E-state index contributed by atoms with van der Waals surface area (Å²) in [6.45, 7) is 3.44. The minimum absolute atomic E-state index is 0.301. The van der Waals surface area contributed by atoms with E-state index in [4.69, 9.17) is 9.47 Å². The van der Waals surface area contributed by atoms with Crippen LogP contribution in [-0.2, 0) is 14.3 Å². The first kappa shape index (κ1) is 42.4. The maximum absolute atomic E-state index is 12.9. The minimum Gasteiger partial charge on any atom is -0.394 e. The fourth-order valence-electron chi connectivity index (χ4n) is 5.26. The van der Waals surface area contributed by atoms with E-state index in [1.807, 2.05) is 6.08 Å². The van der Waals surface area contributed by atoms with Gasteiger partial charge < -0.3 is 45.4 Å². The van der Waals surface area contributed by atoms with Crippen LogP contribution >= 0.6 is 0 Å². The lowest BCUT2D eigenvalue weighted by molar-refractivity contribution is -0.302. The van der Waals surface area contributed by atoms with Gasteiger partial charge in [-0.25, -0.2) is 0 Å². The average Bonchev–Trinajstić information content (AvgIpc) is 3.05. The lowest BCUT2D eigenvalue weighted by atomic mass is 9.99. The van der Waals surface area contributed by atoms with E-state index in [1.165, 1.54) is 38.5 Å². The third-order valence-electron chi connectivity index (χ3n) is 8.28. The third kappa shape index (κ3) is 18.6. The summed E-state index contributed by atoms with van der Waals surface area (Å²) in [7, 11) is 0. The van der Waals surface area contributed by atoms with Gasteiger partial charge in [-0.3, -0.25) is 4.79 Å². The van der Waals surface area contributed by atoms with Gasteiger partial charge >= 0.3 is 0 Å². The van der Waals surface area contributed by atoms with E-state index >= 15 is 0 Å². The van der Waals surface area contributed by atoms with Gasteiger partial charge in [0.15, 0.2) is 6.29 Å². The molecule has 268 valence electrons. The van der Waals surface area contributed by atoms with Crippen molar-refractivity contribution in [1.29, 1.82) is 0 Å². The second-order valence-electron chi connectivity index (χ2n) is 12.4. The molecule has 8 unspecified atom stereocenters. The first-order valence-electron chi connectivity index (χ1n) is 17.8. The molecule has 0 radical (unpaired) electrons. The van der Waals surface area contributed by atoms with E-state index in [9.17, 15) is 35.4 Å². The first-order chi connectivity index (χ1) is 22.3. The number of unbranched alkanes of at least 4 members (excludes halogenated alkanes) is 12. The van der Waals surface area contributed by atoms with Crippen molar-refractivity contribution < 1.29 is 44.9 Å². The number of nitrogens with one attached hydrogen (secondary N) is 1. The number of ether oxygens (including phenoxy) is 2. The normalized spacial score (nSPS) is 24.2. The zero-order chi connectivity index (χ0) is 34.0. The first-order valence-corrected chi connectivity index (χ1v) is 17.8. The number of hydrogen-bond acceptors (Lipinski definition) is 9. The van der Waals surface area contributed by atoms with Gasteiger partial charge in [0.05, 0.1) is 25.4 Å². The van der Waals surface area contributed by atoms with E-state index in [0.717, 1.165) is 51.4 Å². The van der Waals surface area contributed by atoms with Crippen LogP contribution in [0.4, 0.5) is 0 Å². The molecule has 0 saturated carbocycles. The molecule has 0 aromatic carbocycles. The van der Waals surface area contributed by atoms with Crippen LogP contribution in [0.5, 0.6) is 0 Å². The molecule has 0 aliphatic carbocycles. The highest BCUT2D eigenvalue weighted by Gasteiger charge is 2.44.